The molecule has 4 rings (SSSR count). The second-order valence-corrected chi connectivity index (χ2v) is 6.09. The summed E-state index contributed by atoms with van der Waals surface area (Å²) in [7, 11) is 0. The van der Waals surface area contributed by atoms with E-state index in [2.05, 4.69) is 20.4 Å². The molecule has 6 nitrogen and oxygen atoms in total. The van der Waals surface area contributed by atoms with Crippen LogP contribution in [0.3, 0.4) is 0 Å². The smallest absolute Gasteiger partial charge is 0.273 e. The lowest BCUT2D eigenvalue weighted by atomic mass is 10.00. The Labute approximate surface area is 140 Å². The van der Waals surface area contributed by atoms with Crippen LogP contribution in [-0.4, -0.2) is 35.8 Å². The number of anilines is 2. The van der Waals surface area contributed by atoms with E-state index in [-0.39, 0.29) is 17.9 Å². The molecule has 2 aliphatic rings. The standard InChI is InChI=1S/C18H18N4O2/c1-12-6-2-3-7-14(12)20-18(23)17-13-10-22(11-15(13)24-21-17)16-8-4-5-9-19-16/h2-9,13,15H,10-11H2,1H3,(H,20,23)/t13-,15+/m0/s1. The number of aromatic nitrogens is 1. The number of fused-ring (bicyclic) bond motifs is 1. The number of aryl methyl sites for hydroxylation is 1. The van der Waals surface area contributed by atoms with Gasteiger partial charge in [-0.25, -0.2) is 4.98 Å². The fraction of sp³-hybridized carbons (Fsp3) is 0.278. The molecule has 3 heterocycles. The van der Waals surface area contributed by atoms with Gasteiger partial charge in [-0.1, -0.05) is 29.4 Å². The molecule has 0 bridgehead atoms. The highest BCUT2D eigenvalue weighted by Crippen LogP contribution is 2.30. The van der Waals surface area contributed by atoms with Crippen LogP contribution in [0.2, 0.25) is 0 Å². The minimum atomic E-state index is -0.195. The number of amides is 1. The molecule has 0 saturated carbocycles. The predicted molar refractivity (Wildman–Crippen MR) is 92.1 cm³/mol. The van der Waals surface area contributed by atoms with Crippen molar-refractivity contribution < 1.29 is 9.63 Å². The Bertz CT molecular complexity index is 791. The van der Waals surface area contributed by atoms with E-state index >= 15 is 0 Å². The molecular formula is C18H18N4O2. The van der Waals surface area contributed by atoms with Crippen molar-refractivity contribution in [3.05, 3.63) is 54.2 Å². The van der Waals surface area contributed by atoms with Crippen LogP contribution in [0.5, 0.6) is 0 Å². The Balaban J connectivity index is 1.48. The zero-order valence-corrected chi connectivity index (χ0v) is 13.3. The minimum absolute atomic E-state index is 0.0315. The van der Waals surface area contributed by atoms with Crippen molar-refractivity contribution in [3.8, 4) is 0 Å². The van der Waals surface area contributed by atoms with Crippen LogP contribution in [0.15, 0.2) is 53.8 Å². The van der Waals surface area contributed by atoms with Gasteiger partial charge in [0.05, 0.1) is 12.5 Å². The van der Waals surface area contributed by atoms with Crippen molar-refractivity contribution in [1.29, 1.82) is 0 Å². The van der Waals surface area contributed by atoms with Gasteiger partial charge in [0.1, 0.15) is 5.82 Å². The fourth-order valence-corrected chi connectivity index (χ4v) is 3.17. The molecule has 0 spiro atoms. The molecule has 1 fully saturated rings. The maximum Gasteiger partial charge on any atom is 0.273 e. The summed E-state index contributed by atoms with van der Waals surface area (Å²) in [6, 6.07) is 13.5. The van der Waals surface area contributed by atoms with Gasteiger partial charge in [-0.05, 0) is 30.7 Å². The Morgan fingerprint density at radius 1 is 1.21 bits per heavy atom. The highest BCUT2D eigenvalue weighted by molar-refractivity contribution is 6.44. The van der Waals surface area contributed by atoms with Crippen molar-refractivity contribution in [1.82, 2.24) is 4.98 Å². The summed E-state index contributed by atoms with van der Waals surface area (Å²) in [5.74, 6) is 0.671. The third-order valence-corrected chi connectivity index (χ3v) is 4.50. The van der Waals surface area contributed by atoms with Gasteiger partial charge in [-0.3, -0.25) is 4.79 Å². The summed E-state index contributed by atoms with van der Waals surface area (Å²) in [6.07, 6.45) is 1.68. The first-order valence-electron chi connectivity index (χ1n) is 7.99. The minimum Gasteiger partial charge on any atom is -0.389 e. The average Bonchev–Trinajstić information content (AvgIpc) is 3.18. The van der Waals surface area contributed by atoms with Gasteiger partial charge in [0.15, 0.2) is 11.8 Å². The normalized spacial score (nSPS) is 21.9. The topological polar surface area (TPSA) is 66.8 Å². The number of hydrogen-bond acceptors (Lipinski definition) is 5. The Hall–Kier alpha value is -2.89. The molecule has 0 aliphatic carbocycles. The Morgan fingerprint density at radius 3 is 2.83 bits per heavy atom. The van der Waals surface area contributed by atoms with Gasteiger partial charge in [0.2, 0.25) is 0 Å². The van der Waals surface area contributed by atoms with Crippen LogP contribution in [0, 0.1) is 12.8 Å². The number of nitrogens with one attached hydrogen (secondary N) is 1. The fourth-order valence-electron chi connectivity index (χ4n) is 3.17. The number of hydrogen-bond donors (Lipinski definition) is 1. The first-order valence-corrected chi connectivity index (χ1v) is 7.99. The largest absolute Gasteiger partial charge is 0.389 e. The van der Waals surface area contributed by atoms with Crippen molar-refractivity contribution in [2.24, 2.45) is 11.1 Å². The second kappa shape index (κ2) is 5.96. The van der Waals surface area contributed by atoms with Crippen LogP contribution in [0.1, 0.15) is 5.56 Å². The third-order valence-electron chi connectivity index (χ3n) is 4.50. The number of nitrogens with zero attached hydrogens (tertiary/aromatic N) is 3. The molecule has 24 heavy (non-hydrogen) atoms. The molecule has 2 aromatic rings. The summed E-state index contributed by atoms with van der Waals surface area (Å²) >= 11 is 0. The van der Waals surface area contributed by atoms with Gasteiger partial charge in [-0.2, -0.15) is 0 Å². The monoisotopic (exact) mass is 322 g/mol. The lowest BCUT2D eigenvalue weighted by Gasteiger charge is -2.17. The molecule has 0 unspecified atom stereocenters. The summed E-state index contributed by atoms with van der Waals surface area (Å²) in [4.78, 5) is 24.6. The van der Waals surface area contributed by atoms with E-state index in [1.54, 1.807) is 6.20 Å². The summed E-state index contributed by atoms with van der Waals surface area (Å²) in [6.45, 7) is 3.33. The first-order chi connectivity index (χ1) is 11.7. The van der Waals surface area contributed by atoms with Gasteiger partial charge in [0, 0.05) is 18.4 Å². The summed E-state index contributed by atoms with van der Waals surface area (Å²) in [5, 5.41) is 6.97. The number of rotatable bonds is 3. The van der Waals surface area contributed by atoms with Gasteiger partial charge >= 0.3 is 0 Å². The van der Waals surface area contributed by atoms with Gasteiger partial charge < -0.3 is 15.1 Å². The second-order valence-electron chi connectivity index (χ2n) is 6.09. The lowest BCUT2D eigenvalue weighted by molar-refractivity contribution is -0.110. The van der Waals surface area contributed by atoms with E-state index in [9.17, 15) is 4.79 Å². The number of carbonyl (C=O) groups excluding carboxylic acids is 1. The van der Waals surface area contributed by atoms with Crippen LogP contribution >= 0.6 is 0 Å². The van der Waals surface area contributed by atoms with Crippen molar-refractivity contribution in [3.63, 3.8) is 0 Å². The highest BCUT2D eigenvalue weighted by Gasteiger charge is 2.45. The van der Waals surface area contributed by atoms with E-state index in [0.717, 1.165) is 17.1 Å². The molecule has 1 aromatic heterocycles. The van der Waals surface area contributed by atoms with E-state index in [0.29, 0.717) is 18.8 Å². The van der Waals surface area contributed by atoms with Crippen molar-refractivity contribution in [2.45, 2.75) is 13.0 Å². The number of oxime groups is 1. The zero-order chi connectivity index (χ0) is 16.5. The lowest BCUT2D eigenvalue weighted by Crippen LogP contribution is -2.32. The predicted octanol–water partition coefficient (Wildman–Crippen LogP) is 2.22. The van der Waals surface area contributed by atoms with Crippen LogP contribution in [0.25, 0.3) is 0 Å². The number of para-hydroxylation sites is 1. The SMILES string of the molecule is Cc1ccccc1NC(=O)C1=NO[C@@H]2CN(c3ccccn3)C[C@H]12. The quantitative estimate of drug-likeness (QED) is 0.941. The Kier molecular flexibility index (Phi) is 3.65. The van der Waals surface area contributed by atoms with E-state index in [1.165, 1.54) is 0 Å². The third kappa shape index (κ3) is 2.60. The number of benzene rings is 1. The zero-order valence-electron chi connectivity index (χ0n) is 13.3. The molecule has 1 N–H and O–H groups in total. The van der Waals surface area contributed by atoms with Gasteiger partial charge in [-0.15, -0.1) is 0 Å². The first kappa shape index (κ1) is 14.7. The van der Waals surface area contributed by atoms with Crippen LogP contribution < -0.4 is 10.2 Å². The molecule has 0 radical (unpaired) electrons. The summed E-state index contributed by atoms with van der Waals surface area (Å²) in [5.41, 5.74) is 2.28. The molecular weight excluding hydrogens is 304 g/mol. The number of carbonyl (C=O) groups is 1. The van der Waals surface area contributed by atoms with E-state index in [1.807, 2.05) is 49.4 Å². The molecule has 1 saturated heterocycles. The van der Waals surface area contributed by atoms with E-state index in [4.69, 9.17) is 4.84 Å². The molecule has 122 valence electrons. The summed E-state index contributed by atoms with van der Waals surface area (Å²) < 4.78 is 0. The molecule has 6 heteroatoms. The Morgan fingerprint density at radius 2 is 2.04 bits per heavy atom. The highest BCUT2D eigenvalue weighted by atomic mass is 16.6. The molecule has 1 aromatic carbocycles. The van der Waals surface area contributed by atoms with Crippen LogP contribution in [-0.2, 0) is 9.63 Å². The number of pyridine rings is 1. The van der Waals surface area contributed by atoms with Crippen molar-refractivity contribution >= 4 is 23.1 Å². The average molecular weight is 322 g/mol. The maximum absolute atomic E-state index is 12.6. The van der Waals surface area contributed by atoms with E-state index < -0.39 is 0 Å². The molecule has 2 aliphatic heterocycles. The molecule has 2 atom stereocenters. The maximum atomic E-state index is 12.6. The van der Waals surface area contributed by atoms with Gasteiger partial charge in [0.25, 0.3) is 5.91 Å². The van der Waals surface area contributed by atoms with Crippen molar-refractivity contribution in [2.75, 3.05) is 23.3 Å². The van der Waals surface area contributed by atoms with Crippen LogP contribution in [0.4, 0.5) is 11.5 Å². The molecule has 1 amide bonds.